The van der Waals surface area contributed by atoms with E-state index in [4.69, 9.17) is 4.42 Å². The second-order valence-electron chi connectivity index (χ2n) is 7.94. The lowest BCUT2D eigenvalue weighted by molar-refractivity contribution is 0.0657. The van der Waals surface area contributed by atoms with E-state index in [1.54, 1.807) is 18.4 Å². The molecule has 0 bridgehead atoms. The average Bonchev–Trinajstić information content (AvgIpc) is 3.47. The van der Waals surface area contributed by atoms with Crippen molar-refractivity contribution in [2.75, 3.05) is 46.3 Å². The third-order valence-corrected chi connectivity index (χ3v) is 6.03. The summed E-state index contributed by atoms with van der Waals surface area (Å²) in [6.07, 6.45) is 3.99. The molecule has 0 saturated carbocycles. The number of furan rings is 1. The molecule has 3 heterocycles. The SMILES string of the molecule is CN=C(NCC1CCCN1Cc1ccccc1)N1CCN(C(=O)c2ccco2)CC1.I. The molecule has 168 valence electrons. The number of likely N-dealkylation sites (tertiary alicyclic amines) is 1. The average molecular weight is 537 g/mol. The second kappa shape index (κ2) is 11.5. The minimum Gasteiger partial charge on any atom is -0.459 e. The van der Waals surface area contributed by atoms with E-state index in [9.17, 15) is 4.79 Å². The van der Waals surface area contributed by atoms with E-state index >= 15 is 0 Å². The van der Waals surface area contributed by atoms with E-state index in [1.807, 2.05) is 11.9 Å². The van der Waals surface area contributed by atoms with E-state index < -0.39 is 0 Å². The van der Waals surface area contributed by atoms with Gasteiger partial charge >= 0.3 is 0 Å². The molecule has 0 radical (unpaired) electrons. The van der Waals surface area contributed by atoms with Crippen LogP contribution in [0.3, 0.4) is 0 Å². The Bertz CT molecular complexity index is 835. The number of guanidine groups is 1. The smallest absolute Gasteiger partial charge is 0.289 e. The Morgan fingerprint density at radius 1 is 1.06 bits per heavy atom. The van der Waals surface area contributed by atoms with Gasteiger partial charge in [-0.05, 0) is 37.1 Å². The van der Waals surface area contributed by atoms with Crippen molar-refractivity contribution in [3.8, 4) is 0 Å². The van der Waals surface area contributed by atoms with Gasteiger partial charge in [0.15, 0.2) is 11.7 Å². The maximum atomic E-state index is 12.5. The standard InChI is InChI=1S/C23H31N5O2.HI/c1-24-23(27-14-12-26(13-15-27)22(29)21-10-6-16-30-21)25-17-20-9-5-11-28(20)18-19-7-3-2-4-8-19;/h2-4,6-8,10,16,20H,5,9,11-15,17-18H2,1H3,(H,24,25);1H. The van der Waals surface area contributed by atoms with Crippen LogP contribution in [0.25, 0.3) is 0 Å². The van der Waals surface area contributed by atoms with Crippen LogP contribution in [0.1, 0.15) is 29.0 Å². The third kappa shape index (κ3) is 6.00. The number of halogens is 1. The first kappa shape index (κ1) is 23.6. The van der Waals surface area contributed by atoms with Crippen LogP contribution in [0.2, 0.25) is 0 Å². The molecule has 0 aliphatic carbocycles. The number of aliphatic imine (C=N–C) groups is 1. The van der Waals surface area contributed by atoms with Gasteiger partial charge in [-0.3, -0.25) is 14.7 Å². The number of nitrogens with one attached hydrogen (secondary N) is 1. The molecule has 2 aromatic rings. The number of hydrogen-bond donors (Lipinski definition) is 1. The highest BCUT2D eigenvalue weighted by molar-refractivity contribution is 14.0. The fourth-order valence-electron chi connectivity index (χ4n) is 4.37. The molecule has 1 aromatic carbocycles. The summed E-state index contributed by atoms with van der Waals surface area (Å²) in [5.41, 5.74) is 1.37. The zero-order valence-electron chi connectivity index (χ0n) is 18.1. The van der Waals surface area contributed by atoms with Crippen LogP contribution in [0.4, 0.5) is 0 Å². The van der Waals surface area contributed by atoms with Crippen molar-refractivity contribution in [1.29, 1.82) is 0 Å². The fraction of sp³-hybridized carbons (Fsp3) is 0.478. The molecule has 2 saturated heterocycles. The Hall–Kier alpha value is -2.07. The molecule has 4 rings (SSSR count). The molecular weight excluding hydrogens is 505 g/mol. The quantitative estimate of drug-likeness (QED) is 0.361. The predicted octanol–water partition coefficient (Wildman–Crippen LogP) is 2.90. The zero-order chi connectivity index (χ0) is 20.8. The summed E-state index contributed by atoms with van der Waals surface area (Å²) in [5, 5.41) is 3.58. The van der Waals surface area contributed by atoms with Gasteiger partial charge in [0, 0.05) is 52.4 Å². The maximum absolute atomic E-state index is 12.5. The lowest BCUT2D eigenvalue weighted by Crippen LogP contribution is -2.55. The largest absolute Gasteiger partial charge is 0.459 e. The topological polar surface area (TPSA) is 64.3 Å². The van der Waals surface area contributed by atoms with Gasteiger partial charge in [0.1, 0.15) is 0 Å². The van der Waals surface area contributed by atoms with Crippen LogP contribution in [0.15, 0.2) is 58.1 Å². The van der Waals surface area contributed by atoms with Crippen molar-refractivity contribution >= 4 is 35.8 Å². The molecule has 8 heteroatoms. The summed E-state index contributed by atoms with van der Waals surface area (Å²) in [5.74, 6) is 1.29. The summed E-state index contributed by atoms with van der Waals surface area (Å²) in [4.78, 5) is 23.6. The molecule has 1 unspecified atom stereocenters. The number of nitrogens with zero attached hydrogens (tertiary/aromatic N) is 4. The molecule has 2 fully saturated rings. The van der Waals surface area contributed by atoms with Gasteiger partial charge < -0.3 is 19.5 Å². The van der Waals surface area contributed by atoms with Gasteiger partial charge in [-0.25, -0.2) is 0 Å². The van der Waals surface area contributed by atoms with E-state index in [0.29, 0.717) is 24.9 Å². The highest BCUT2D eigenvalue weighted by Crippen LogP contribution is 2.19. The summed E-state index contributed by atoms with van der Waals surface area (Å²) in [6.45, 7) is 5.92. The molecule has 31 heavy (non-hydrogen) atoms. The number of carbonyl (C=O) groups is 1. The highest BCUT2D eigenvalue weighted by Gasteiger charge is 2.27. The summed E-state index contributed by atoms with van der Waals surface area (Å²) < 4.78 is 5.25. The lowest BCUT2D eigenvalue weighted by atomic mass is 10.2. The number of carbonyl (C=O) groups excluding carboxylic acids is 1. The molecule has 7 nitrogen and oxygen atoms in total. The molecule has 0 spiro atoms. The first-order valence-electron chi connectivity index (χ1n) is 10.8. The molecular formula is C23H32IN5O2. The third-order valence-electron chi connectivity index (χ3n) is 6.03. The summed E-state index contributed by atoms with van der Waals surface area (Å²) in [6, 6.07) is 14.7. The van der Waals surface area contributed by atoms with Crippen LogP contribution in [0.5, 0.6) is 0 Å². The minimum absolute atomic E-state index is 0. The zero-order valence-corrected chi connectivity index (χ0v) is 20.4. The number of hydrogen-bond acceptors (Lipinski definition) is 4. The van der Waals surface area contributed by atoms with Crippen molar-refractivity contribution in [2.45, 2.75) is 25.4 Å². The van der Waals surface area contributed by atoms with E-state index in [1.165, 1.54) is 18.4 Å². The maximum Gasteiger partial charge on any atom is 0.289 e. The number of amides is 1. The summed E-state index contributed by atoms with van der Waals surface area (Å²) >= 11 is 0. The summed E-state index contributed by atoms with van der Waals surface area (Å²) in [7, 11) is 1.83. The normalized spacial score (nSPS) is 19.9. The Morgan fingerprint density at radius 2 is 1.81 bits per heavy atom. The molecule has 1 aromatic heterocycles. The van der Waals surface area contributed by atoms with Crippen molar-refractivity contribution in [2.24, 2.45) is 4.99 Å². The van der Waals surface area contributed by atoms with Crippen LogP contribution in [-0.4, -0.2) is 78.9 Å². The van der Waals surface area contributed by atoms with Crippen LogP contribution >= 0.6 is 24.0 Å². The van der Waals surface area contributed by atoms with Crippen molar-refractivity contribution in [3.05, 3.63) is 60.1 Å². The Balaban J connectivity index is 0.00000272. The molecule has 1 N–H and O–H groups in total. The van der Waals surface area contributed by atoms with Crippen LogP contribution < -0.4 is 5.32 Å². The van der Waals surface area contributed by atoms with Gasteiger partial charge in [0.05, 0.1) is 6.26 Å². The molecule has 2 aliphatic rings. The van der Waals surface area contributed by atoms with Gasteiger partial charge in [0.25, 0.3) is 5.91 Å². The fourth-order valence-corrected chi connectivity index (χ4v) is 4.37. The highest BCUT2D eigenvalue weighted by atomic mass is 127. The first-order chi connectivity index (χ1) is 14.7. The van der Waals surface area contributed by atoms with Gasteiger partial charge in [0.2, 0.25) is 0 Å². The van der Waals surface area contributed by atoms with E-state index in [-0.39, 0.29) is 29.9 Å². The number of benzene rings is 1. The first-order valence-corrected chi connectivity index (χ1v) is 10.8. The van der Waals surface area contributed by atoms with Crippen molar-refractivity contribution in [1.82, 2.24) is 20.0 Å². The van der Waals surface area contributed by atoms with Gasteiger partial charge in [-0.15, -0.1) is 24.0 Å². The molecule has 1 amide bonds. The van der Waals surface area contributed by atoms with Crippen molar-refractivity contribution < 1.29 is 9.21 Å². The Kier molecular flexibility index (Phi) is 8.77. The Labute approximate surface area is 201 Å². The predicted molar refractivity (Wildman–Crippen MR) is 133 cm³/mol. The molecule has 2 aliphatic heterocycles. The van der Waals surface area contributed by atoms with Crippen molar-refractivity contribution in [3.63, 3.8) is 0 Å². The van der Waals surface area contributed by atoms with Crippen LogP contribution in [-0.2, 0) is 6.54 Å². The van der Waals surface area contributed by atoms with Crippen LogP contribution in [0, 0.1) is 0 Å². The molecule has 1 atom stereocenters. The van der Waals surface area contributed by atoms with E-state index in [0.717, 1.165) is 38.7 Å². The monoisotopic (exact) mass is 537 g/mol. The number of piperazine rings is 1. The van der Waals surface area contributed by atoms with E-state index in [2.05, 4.69) is 50.4 Å². The lowest BCUT2D eigenvalue weighted by Gasteiger charge is -2.36. The second-order valence-corrected chi connectivity index (χ2v) is 7.94. The van der Waals surface area contributed by atoms with Gasteiger partial charge in [-0.1, -0.05) is 30.3 Å². The Morgan fingerprint density at radius 3 is 2.48 bits per heavy atom. The van der Waals surface area contributed by atoms with Gasteiger partial charge in [-0.2, -0.15) is 0 Å². The minimum atomic E-state index is -0.0369. The number of rotatable bonds is 5.